The van der Waals surface area contributed by atoms with Crippen molar-refractivity contribution >= 4 is 17.8 Å². The molecule has 0 fully saturated rings. The number of fused-ring (bicyclic) bond motifs is 1. The number of rotatable bonds is 0. The number of pyridine rings is 1. The normalized spacial score (nSPS) is 14.7. The maximum absolute atomic E-state index is 13.0. The standard InChI is InChI=1S/C12H13FN2O3/c1-12(2,3)18-11(17)15-9(16)5-7-4-8(13)6-14-10(7)15/h4,6H,5H2,1-3H3. The van der Waals surface area contributed by atoms with E-state index in [4.69, 9.17) is 4.74 Å². The average molecular weight is 252 g/mol. The van der Waals surface area contributed by atoms with Crippen LogP contribution in [-0.4, -0.2) is 22.6 Å². The van der Waals surface area contributed by atoms with Crippen LogP contribution >= 0.6 is 0 Å². The van der Waals surface area contributed by atoms with Crippen LogP contribution in [0.4, 0.5) is 15.0 Å². The molecule has 6 heteroatoms. The fourth-order valence-corrected chi connectivity index (χ4v) is 1.66. The van der Waals surface area contributed by atoms with Crippen molar-refractivity contribution in [1.82, 2.24) is 4.98 Å². The van der Waals surface area contributed by atoms with Crippen molar-refractivity contribution in [2.24, 2.45) is 0 Å². The van der Waals surface area contributed by atoms with Crippen LogP contribution in [0.15, 0.2) is 12.3 Å². The molecule has 18 heavy (non-hydrogen) atoms. The van der Waals surface area contributed by atoms with Gasteiger partial charge in [-0.25, -0.2) is 14.2 Å². The Morgan fingerprint density at radius 2 is 2.17 bits per heavy atom. The van der Waals surface area contributed by atoms with Gasteiger partial charge in [0.2, 0.25) is 5.91 Å². The molecule has 2 amide bonds. The zero-order valence-corrected chi connectivity index (χ0v) is 10.4. The number of amides is 2. The summed E-state index contributed by atoms with van der Waals surface area (Å²) in [5, 5.41) is 0. The first-order chi connectivity index (χ1) is 8.28. The lowest BCUT2D eigenvalue weighted by molar-refractivity contribution is -0.117. The second-order valence-corrected chi connectivity index (χ2v) is 5.02. The Kier molecular flexibility index (Phi) is 2.80. The van der Waals surface area contributed by atoms with Crippen molar-refractivity contribution in [1.29, 1.82) is 0 Å². The third kappa shape index (κ3) is 2.32. The summed E-state index contributed by atoms with van der Waals surface area (Å²) in [5.41, 5.74) is -0.314. The smallest absolute Gasteiger partial charge is 0.423 e. The maximum atomic E-state index is 13.0. The van der Waals surface area contributed by atoms with Crippen LogP contribution in [0.5, 0.6) is 0 Å². The van der Waals surface area contributed by atoms with E-state index in [1.807, 2.05) is 0 Å². The summed E-state index contributed by atoms with van der Waals surface area (Å²) in [6, 6.07) is 1.20. The van der Waals surface area contributed by atoms with Gasteiger partial charge in [-0.2, -0.15) is 4.90 Å². The molecule has 1 aromatic heterocycles. The Morgan fingerprint density at radius 1 is 1.50 bits per heavy atom. The van der Waals surface area contributed by atoms with Gasteiger partial charge in [0.05, 0.1) is 12.6 Å². The van der Waals surface area contributed by atoms with Gasteiger partial charge in [0.1, 0.15) is 17.2 Å². The van der Waals surface area contributed by atoms with Crippen molar-refractivity contribution in [2.75, 3.05) is 4.90 Å². The monoisotopic (exact) mass is 252 g/mol. The first-order valence-electron chi connectivity index (χ1n) is 5.48. The lowest BCUT2D eigenvalue weighted by atomic mass is 10.2. The zero-order chi connectivity index (χ0) is 13.5. The van der Waals surface area contributed by atoms with Gasteiger partial charge in [-0.3, -0.25) is 4.79 Å². The summed E-state index contributed by atoms with van der Waals surface area (Å²) >= 11 is 0. The van der Waals surface area contributed by atoms with E-state index in [1.54, 1.807) is 20.8 Å². The van der Waals surface area contributed by atoms with Gasteiger partial charge in [0, 0.05) is 5.56 Å². The highest BCUT2D eigenvalue weighted by molar-refractivity contribution is 6.16. The molecule has 0 N–H and O–H groups in total. The lowest BCUT2D eigenvalue weighted by Crippen LogP contribution is -2.39. The molecule has 96 valence electrons. The molecule has 2 heterocycles. The fraction of sp³-hybridized carbons (Fsp3) is 0.417. The number of hydrogen-bond acceptors (Lipinski definition) is 4. The maximum Gasteiger partial charge on any atom is 0.423 e. The van der Waals surface area contributed by atoms with E-state index in [0.29, 0.717) is 5.56 Å². The van der Waals surface area contributed by atoms with Crippen LogP contribution in [0, 0.1) is 5.82 Å². The Balaban J connectivity index is 2.31. The Morgan fingerprint density at radius 3 is 2.78 bits per heavy atom. The van der Waals surface area contributed by atoms with E-state index in [-0.39, 0.29) is 12.2 Å². The van der Waals surface area contributed by atoms with Gasteiger partial charge < -0.3 is 4.74 Å². The minimum atomic E-state index is -0.787. The minimum absolute atomic E-state index is 0.0423. The van der Waals surface area contributed by atoms with E-state index in [2.05, 4.69) is 4.98 Å². The summed E-state index contributed by atoms with van der Waals surface area (Å²) in [5.74, 6) is -0.847. The van der Waals surface area contributed by atoms with Crippen LogP contribution in [0.3, 0.4) is 0 Å². The number of aromatic nitrogens is 1. The minimum Gasteiger partial charge on any atom is -0.443 e. The summed E-state index contributed by atoms with van der Waals surface area (Å²) < 4.78 is 18.1. The van der Waals surface area contributed by atoms with Crippen molar-refractivity contribution in [2.45, 2.75) is 32.8 Å². The van der Waals surface area contributed by atoms with Gasteiger partial charge in [-0.15, -0.1) is 0 Å². The number of anilines is 1. The molecule has 2 rings (SSSR count). The van der Waals surface area contributed by atoms with E-state index in [1.165, 1.54) is 6.07 Å². The highest BCUT2D eigenvalue weighted by Crippen LogP contribution is 2.28. The second kappa shape index (κ2) is 4.04. The zero-order valence-electron chi connectivity index (χ0n) is 10.4. The molecular formula is C12H13FN2O3. The van der Waals surface area contributed by atoms with Gasteiger partial charge >= 0.3 is 6.09 Å². The predicted molar refractivity (Wildman–Crippen MR) is 61.6 cm³/mol. The third-order valence-electron chi connectivity index (χ3n) is 2.29. The predicted octanol–water partition coefficient (Wildman–Crippen LogP) is 2.04. The molecule has 1 aromatic rings. The van der Waals surface area contributed by atoms with E-state index >= 15 is 0 Å². The summed E-state index contributed by atoms with van der Waals surface area (Å²) in [6.07, 6.45) is 0.138. The summed E-state index contributed by atoms with van der Waals surface area (Å²) in [4.78, 5) is 28.2. The van der Waals surface area contributed by atoms with Crippen molar-refractivity contribution in [3.05, 3.63) is 23.6 Å². The quantitative estimate of drug-likeness (QED) is 0.709. The highest BCUT2D eigenvalue weighted by Gasteiger charge is 2.36. The van der Waals surface area contributed by atoms with Gasteiger partial charge in [-0.05, 0) is 26.8 Å². The highest BCUT2D eigenvalue weighted by atomic mass is 19.1. The average Bonchev–Trinajstić information content (AvgIpc) is 2.50. The second-order valence-electron chi connectivity index (χ2n) is 5.02. The molecule has 0 aliphatic carbocycles. The number of imide groups is 1. The molecule has 1 aliphatic heterocycles. The molecular weight excluding hydrogens is 239 g/mol. The molecule has 5 nitrogen and oxygen atoms in total. The summed E-state index contributed by atoms with van der Waals surface area (Å²) in [6.45, 7) is 5.10. The number of ether oxygens (including phenoxy) is 1. The van der Waals surface area contributed by atoms with Crippen LogP contribution in [0.1, 0.15) is 26.3 Å². The van der Waals surface area contributed by atoms with Crippen molar-refractivity contribution in [3.8, 4) is 0 Å². The number of carbonyl (C=O) groups is 2. The number of carbonyl (C=O) groups excluding carboxylic acids is 2. The van der Waals surface area contributed by atoms with Crippen LogP contribution < -0.4 is 4.90 Å². The Bertz CT molecular complexity index is 523. The van der Waals surface area contributed by atoms with Crippen molar-refractivity contribution < 1.29 is 18.7 Å². The molecule has 0 atom stereocenters. The SMILES string of the molecule is CC(C)(C)OC(=O)N1C(=O)Cc2cc(F)cnc21. The van der Waals surface area contributed by atoms with E-state index in [9.17, 15) is 14.0 Å². The number of nitrogens with zero attached hydrogens (tertiary/aromatic N) is 2. The molecule has 0 radical (unpaired) electrons. The first-order valence-corrected chi connectivity index (χ1v) is 5.48. The summed E-state index contributed by atoms with van der Waals surface area (Å²) in [7, 11) is 0. The molecule has 0 unspecified atom stereocenters. The first kappa shape index (κ1) is 12.5. The molecule has 0 saturated heterocycles. The Labute approximate surface area is 104 Å². The van der Waals surface area contributed by atoms with Crippen molar-refractivity contribution in [3.63, 3.8) is 0 Å². The third-order valence-corrected chi connectivity index (χ3v) is 2.29. The number of halogens is 1. The molecule has 0 spiro atoms. The van der Waals surface area contributed by atoms with Gasteiger partial charge in [0.15, 0.2) is 0 Å². The largest absolute Gasteiger partial charge is 0.443 e. The molecule has 0 aromatic carbocycles. The van der Waals surface area contributed by atoms with Gasteiger partial charge in [-0.1, -0.05) is 0 Å². The van der Waals surface area contributed by atoms with Crippen LogP contribution in [0.25, 0.3) is 0 Å². The lowest BCUT2D eigenvalue weighted by Gasteiger charge is -2.23. The topological polar surface area (TPSA) is 59.5 Å². The molecule has 0 saturated carbocycles. The fourth-order valence-electron chi connectivity index (χ4n) is 1.66. The van der Waals surface area contributed by atoms with E-state index < -0.39 is 23.4 Å². The Hall–Kier alpha value is -1.98. The molecule has 1 aliphatic rings. The van der Waals surface area contributed by atoms with Crippen LogP contribution in [0.2, 0.25) is 0 Å². The molecule has 0 bridgehead atoms. The van der Waals surface area contributed by atoms with Gasteiger partial charge in [0.25, 0.3) is 0 Å². The van der Waals surface area contributed by atoms with Crippen LogP contribution in [-0.2, 0) is 16.0 Å². The van der Waals surface area contributed by atoms with E-state index in [0.717, 1.165) is 11.1 Å². The number of hydrogen-bond donors (Lipinski definition) is 0.